The molecular weight excluding hydrogens is 256 g/mol. The lowest BCUT2D eigenvalue weighted by atomic mass is 10.1. The lowest BCUT2D eigenvalue weighted by Gasteiger charge is -2.05. The van der Waals surface area contributed by atoms with E-state index >= 15 is 0 Å². The molecule has 0 atom stereocenters. The van der Waals surface area contributed by atoms with E-state index < -0.39 is 0 Å². The summed E-state index contributed by atoms with van der Waals surface area (Å²) in [4.78, 5) is 23.2. The first-order valence-electron chi connectivity index (χ1n) is 7.07. The van der Waals surface area contributed by atoms with Gasteiger partial charge in [0, 0.05) is 25.2 Å². The third kappa shape index (κ3) is 5.53. The maximum absolute atomic E-state index is 11.7. The Bertz CT molecular complexity index is 423. The minimum Gasteiger partial charge on any atom is -0.462 e. The van der Waals surface area contributed by atoms with Crippen LogP contribution in [0.2, 0.25) is 0 Å². The Balaban J connectivity index is 2.34. The minimum atomic E-state index is -0.350. The average Bonchev–Trinajstić information content (AvgIpc) is 2.50. The fraction of sp³-hybridized carbons (Fsp3) is 0.500. The molecule has 0 aromatic heterocycles. The van der Waals surface area contributed by atoms with E-state index in [2.05, 4.69) is 0 Å². The van der Waals surface area contributed by atoms with E-state index in [0.29, 0.717) is 37.4 Å². The molecule has 20 heavy (non-hydrogen) atoms. The summed E-state index contributed by atoms with van der Waals surface area (Å²) < 4.78 is 10.4. The quantitative estimate of drug-likeness (QED) is 0.395. The molecular formula is C16H22O4. The molecule has 1 rings (SSSR count). The maximum Gasteiger partial charge on any atom is 0.338 e. The Morgan fingerprint density at radius 3 is 2.15 bits per heavy atom. The zero-order valence-corrected chi connectivity index (χ0v) is 12.2. The van der Waals surface area contributed by atoms with Crippen LogP contribution in [0.4, 0.5) is 0 Å². The molecule has 0 N–H and O–H groups in total. The van der Waals surface area contributed by atoms with Gasteiger partial charge in [0.05, 0.1) is 12.2 Å². The number of hydrogen-bond acceptors (Lipinski definition) is 4. The molecule has 0 spiro atoms. The summed E-state index contributed by atoms with van der Waals surface area (Å²) in [5.74, 6) is -0.280. The fourth-order valence-corrected chi connectivity index (χ4v) is 1.70. The van der Waals surface area contributed by atoms with Gasteiger partial charge in [0.15, 0.2) is 5.78 Å². The predicted molar refractivity (Wildman–Crippen MR) is 77.1 cm³/mol. The van der Waals surface area contributed by atoms with Crippen molar-refractivity contribution in [3.63, 3.8) is 0 Å². The number of Topliss-reactive ketones (excluding diaryl/α,β-unsaturated/α-hetero) is 1. The zero-order valence-electron chi connectivity index (χ0n) is 12.2. The van der Waals surface area contributed by atoms with Crippen LogP contribution in [-0.2, 0) is 9.47 Å². The van der Waals surface area contributed by atoms with Crippen LogP contribution in [0.25, 0.3) is 0 Å². The summed E-state index contributed by atoms with van der Waals surface area (Å²) in [5, 5.41) is 0. The smallest absolute Gasteiger partial charge is 0.338 e. The fourth-order valence-electron chi connectivity index (χ4n) is 1.70. The normalized spacial score (nSPS) is 10.3. The monoisotopic (exact) mass is 278 g/mol. The van der Waals surface area contributed by atoms with Crippen molar-refractivity contribution >= 4 is 11.8 Å². The summed E-state index contributed by atoms with van der Waals surface area (Å²) in [5.41, 5.74) is 1.10. The number of hydrogen-bond donors (Lipinski definition) is 0. The molecule has 4 nitrogen and oxygen atoms in total. The van der Waals surface area contributed by atoms with E-state index in [0.717, 1.165) is 12.8 Å². The first kappa shape index (κ1) is 16.4. The second-order valence-corrected chi connectivity index (χ2v) is 4.39. The summed E-state index contributed by atoms with van der Waals surface area (Å²) in [6.07, 6.45) is 2.13. The Hall–Kier alpha value is -1.68. The van der Waals surface area contributed by atoms with Crippen LogP contribution in [0.1, 0.15) is 53.8 Å². The maximum atomic E-state index is 11.7. The molecule has 1 aromatic carbocycles. The van der Waals surface area contributed by atoms with Crippen LogP contribution < -0.4 is 0 Å². The van der Waals surface area contributed by atoms with Gasteiger partial charge < -0.3 is 9.47 Å². The van der Waals surface area contributed by atoms with Gasteiger partial charge in [0.1, 0.15) is 0 Å². The van der Waals surface area contributed by atoms with E-state index in [4.69, 9.17) is 9.47 Å². The number of rotatable bonds is 9. The van der Waals surface area contributed by atoms with Crippen molar-refractivity contribution in [2.75, 3.05) is 19.8 Å². The van der Waals surface area contributed by atoms with Crippen LogP contribution in [-0.4, -0.2) is 31.6 Å². The summed E-state index contributed by atoms with van der Waals surface area (Å²) in [6.45, 7) is 5.56. The van der Waals surface area contributed by atoms with Crippen LogP contribution in [0.3, 0.4) is 0 Å². The molecule has 0 fully saturated rings. The van der Waals surface area contributed by atoms with Crippen LogP contribution in [0.5, 0.6) is 0 Å². The van der Waals surface area contributed by atoms with Crippen molar-refractivity contribution in [2.45, 2.75) is 33.1 Å². The number of ketones is 1. The van der Waals surface area contributed by atoms with Crippen LogP contribution in [0, 0.1) is 0 Å². The third-order valence-corrected chi connectivity index (χ3v) is 2.88. The van der Waals surface area contributed by atoms with E-state index in [-0.39, 0.29) is 11.8 Å². The van der Waals surface area contributed by atoms with Crippen molar-refractivity contribution in [3.05, 3.63) is 35.4 Å². The molecule has 0 unspecified atom stereocenters. The number of carbonyl (C=O) groups excluding carboxylic acids is 2. The number of benzene rings is 1. The number of esters is 1. The Kier molecular flexibility index (Phi) is 7.58. The van der Waals surface area contributed by atoms with Crippen molar-refractivity contribution in [1.82, 2.24) is 0 Å². The van der Waals surface area contributed by atoms with Gasteiger partial charge in [-0.05, 0) is 31.9 Å². The third-order valence-electron chi connectivity index (χ3n) is 2.88. The van der Waals surface area contributed by atoms with Crippen LogP contribution >= 0.6 is 0 Å². The zero-order chi connectivity index (χ0) is 14.8. The van der Waals surface area contributed by atoms with Gasteiger partial charge in [-0.3, -0.25) is 4.79 Å². The first-order valence-corrected chi connectivity index (χ1v) is 7.07. The molecule has 0 radical (unpaired) electrons. The summed E-state index contributed by atoms with van der Waals surface area (Å²) in [7, 11) is 0. The van der Waals surface area contributed by atoms with Gasteiger partial charge in [-0.15, -0.1) is 0 Å². The van der Waals surface area contributed by atoms with E-state index in [1.54, 1.807) is 24.3 Å². The predicted octanol–water partition coefficient (Wildman–Crippen LogP) is 3.25. The Morgan fingerprint density at radius 2 is 1.55 bits per heavy atom. The Morgan fingerprint density at radius 1 is 0.950 bits per heavy atom. The van der Waals surface area contributed by atoms with Gasteiger partial charge in [-0.2, -0.15) is 0 Å². The second kappa shape index (κ2) is 9.26. The number of unbranched alkanes of at least 4 members (excludes halogenated alkanes) is 1. The highest BCUT2D eigenvalue weighted by Crippen LogP contribution is 2.08. The first-order chi connectivity index (χ1) is 9.69. The van der Waals surface area contributed by atoms with Gasteiger partial charge in [-0.1, -0.05) is 19.1 Å². The highest BCUT2D eigenvalue weighted by molar-refractivity contribution is 5.97. The summed E-state index contributed by atoms with van der Waals surface area (Å²) in [6, 6.07) is 6.59. The van der Waals surface area contributed by atoms with E-state index in [1.165, 1.54) is 0 Å². The SMILES string of the molecule is CCOCCCCOC(=O)c1ccc(C(=O)CC)cc1. The molecule has 110 valence electrons. The number of carbonyl (C=O) groups is 2. The van der Waals surface area contributed by atoms with Crippen LogP contribution in [0.15, 0.2) is 24.3 Å². The minimum absolute atomic E-state index is 0.0702. The molecule has 0 aliphatic carbocycles. The van der Waals surface area contributed by atoms with Crippen molar-refractivity contribution in [1.29, 1.82) is 0 Å². The van der Waals surface area contributed by atoms with E-state index in [9.17, 15) is 9.59 Å². The molecule has 1 aromatic rings. The molecule has 0 saturated carbocycles. The van der Waals surface area contributed by atoms with Gasteiger partial charge >= 0.3 is 5.97 Å². The summed E-state index contributed by atoms with van der Waals surface area (Å²) >= 11 is 0. The molecule has 0 saturated heterocycles. The molecule has 0 aliphatic rings. The van der Waals surface area contributed by atoms with Gasteiger partial charge in [0.25, 0.3) is 0 Å². The lowest BCUT2D eigenvalue weighted by Crippen LogP contribution is -2.08. The van der Waals surface area contributed by atoms with E-state index in [1.807, 2.05) is 13.8 Å². The highest BCUT2D eigenvalue weighted by atomic mass is 16.5. The lowest BCUT2D eigenvalue weighted by molar-refractivity contribution is 0.0483. The molecule has 0 amide bonds. The van der Waals surface area contributed by atoms with Crippen molar-refractivity contribution in [2.24, 2.45) is 0 Å². The van der Waals surface area contributed by atoms with Gasteiger partial charge in [0.2, 0.25) is 0 Å². The van der Waals surface area contributed by atoms with Crippen molar-refractivity contribution in [3.8, 4) is 0 Å². The Labute approximate surface area is 120 Å². The molecule has 0 heterocycles. The second-order valence-electron chi connectivity index (χ2n) is 4.39. The van der Waals surface area contributed by atoms with Crippen molar-refractivity contribution < 1.29 is 19.1 Å². The standard InChI is InChI=1S/C16H22O4/c1-3-15(17)13-7-9-14(10-8-13)16(18)20-12-6-5-11-19-4-2/h7-10H,3-6,11-12H2,1-2H3. The van der Waals surface area contributed by atoms with Gasteiger partial charge in [-0.25, -0.2) is 4.79 Å². The molecule has 4 heteroatoms. The highest BCUT2D eigenvalue weighted by Gasteiger charge is 2.08. The largest absolute Gasteiger partial charge is 0.462 e. The average molecular weight is 278 g/mol. The number of ether oxygens (including phenoxy) is 2. The molecule has 0 aliphatic heterocycles. The molecule has 0 bridgehead atoms. The topological polar surface area (TPSA) is 52.6 Å².